The molecule has 0 aliphatic carbocycles. The highest BCUT2D eigenvalue weighted by Crippen LogP contribution is 1.93. The first-order valence-electron chi connectivity index (χ1n) is 2.70. The average Bonchev–Trinajstić information content (AvgIpc) is 2.20. The molecule has 0 saturated carbocycles. The molecule has 1 aliphatic rings. The van der Waals surface area contributed by atoms with Crippen LogP contribution < -0.4 is 5.32 Å². The van der Waals surface area contributed by atoms with Gasteiger partial charge in [-0.05, 0) is 6.42 Å². The van der Waals surface area contributed by atoms with E-state index in [1.54, 1.807) is 0 Å². The maximum atomic E-state index is 10.1. The molecule has 1 saturated heterocycles. The lowest BCUT2D eigenvalue weighted by Gasteiger charge is -1.80. The fourth-order valence-corrected chi connectivity index (χ4v) is 0.565. The van der Waals surface area contributed by atoms with Crippen molar-refractivity contribution in [2.45, 2.75) is 12.8 Å². The van der Waals surface area contributed by atoms with E-state index in [1.807, 2.05) is 0 Å². The Hall–Kier alpha value is 0.0500. The molecule has 0 atom stereocenters. The molecule has 1 N–H and O–H groups in total. The molecule has 0 aromatic carbocycles. The van der Waals surface area contributed by atoms with Crippen LogP contribution in [0.3, 0.4) is 0 Å². The van der Waals surface area contributed by atoms with E-state index in [0.29, 0.717) is 0 Å². The van der Waals surface area contributed by atoms with Crippen molar-refractivity contribution >= 4 is 29.1 Å². The molecule has 0 spiro atoms. The predicted molar refractivity (Wildman–Crippen MR) is 38.8 cm³/mol. The highest BCUT2D eigenvalue weighted by atomic mass is 35.5. The van der Waals surface area contributed by atoms with E-state index in [-0.39, 0.29) is 11.2 Å². The van der Waals surface area contributed by atoms with Gasteiger partial charge in [0.05, 0.1) is 5.34 Å². The summed E-state index contributed by atoms with van der Waals surface area (Å²) in [6.07, 6.45) is 1.76. The van der Waals surface area contributed by atoms with Crippen LogP contribution in [0, 0.1) is 0 Å². The van der Waals surface area contributed by atoms with Crippen LogP contribution in [-0.2, 0) is 4.79 Å². The van der Waals surface area contributed by atoms with Gasteiger partial charge in [0, 0.05) is 13.0 Å². The molecule has 0 bridgehead atoms. The number of hydrogen-bond donors (Lipinski definition) is 1. The van der Waals surface area contributed by atoms with E-state index in [4.69, 9.17) is 23.2 Å². The topological polar surface area (TPSA) is 29.1 Å². The van der Waals surface area contributed by atoms with Crippen LogP contribution in [0.1, 0.15) is 12.8 Å². The molecule has 1 heterocycles. The van der Waals surface area contributed by atoms with Gasteiger partial charge in [0.1, 0.15) is 0 Å². The van der Waals surface area contributed by atoms with Crippen LogP contribution >= 0.6 is 23.2 Å². The molecular formula is C5H9Cl2NO. The van der Waals surface area contributed by atoms with Crippen molar-refractivity contribution in [1.82, 2.24) is 5.32 Å². The highest BCUT2D eigenvalue weighted by molar-refractivity contribution is 6.40. The Kier molecular flexibility index (Phi) is 6.21. The minimum Gasteiger partial charge on any atom is -0.356 e. The molecule has 1 aliphatic heterocycles. The standard InChI is InChI=1S/C4H7NO.CH2Cl2/c6-4-2-1-3-5-4;2-1-3/h1-3H2,(H,5,6);1H2. The molecule has 0 aromatic rings. The minimum atomic E-state index is 0.194. The largest absolute Gasteiger partial charge is 0.356 e. The number of amides is 1. The van der Waals surface area contributed by atoms with Crippen molar-refractivity contribution in [3.63, 3.8) is 0 Å². The Labute approximate surface area is 64.5 Å². The first kappa shape index (κ1) is 9.05. The normalized spacial score (nSPS) is 16.0. The first-order valence-corrected chi connectivity index (χ1v) is 3.76. The van der Waals surface area contributed by atoms with Crippen molar-refractivity contribution in [3.8, 4) is 0 Å². The van der Waals surface area contributed by atoms with Crippen LogP contribution in [0.5, 0.6) is 0 Å². The highest BCUT2D eigenvalue weighted by Gasteiger charge is 2.05. The van der Waals surface area contributed by atoms with E-state index >= 15 is 0 Å². The SMILES string of the molecule is ClCCl.O=C1CCCN1. The molecule has 1 amide bonds. The van der Waals surface area contributed by atoms with Gasteiger partial charge >= 0.3 is 0 Å². The molecule has 54 valence electrons. The number of alkyl halides is 2. The summed E-state index contributed by atoms with van der Waals surface area (Å²) in [5.41, 5.74) is 0. The van der Waals surface area contributed by atoms with Gasteiger partial charge in [0.15, 0.2) is 0 Å². The average molecular weight is 170 g/mol. The van der Waals surface area contributed by atoms with Gasteiger partial charge in [-0.2, -0.15) is 0 Å². The quantitative estimate of drug-likeness (QED) is 0.545. The second-order valence-corrected chi connectivity index (χ2v) is 2.36. The first-order chi connectivity index (χ1) is 4.31. The number of hydrogen-bond acceptors (Lipinski definition) is 1. The summed E-state index contributed by atoms with van der Waals surface area (Å²) in [5, 5.41) is 2.88. The molecule has 1 rings (SSSR count). The molecular weight excluding hydrogens is 161 g/mol. The maximum absolute atomic E-state index is 10.1. The molecule has 1 fully saturated rings. The summed E-state index contributed by atoms with van der Waals surface area (Å²) in [6, 6.07) is 0. The summed E-state index contributed by atoms with van der Waals surface area (Å²) in [5.74, 6) is 0.204. The summed E-state index contributed by atoms with van der Waals surface area (Å²) in [6.45, 7) is 0.888. The van der Waals surface area contributed by atoms with Crippen LogP contribution in [0.15, 0.2) is 0 Å². The lowest BCUT2D eigenvalue weighted by Crippen LogP contribution is -2.12. The van der Waals surface area contributed by atoms with Crippen molar-refractivity contribution in [3.05, 3.63) is 0 Å². The lowest BCUT2D eigenvalue weighted by atomic mass is 10.4. The molecule has 0 aromatic heterocycles. The van der Waals surface area contributed by atoms with Crippen LogP contribution in [0.4, 0.5) is 0 Å². The Balaban J connectivity index is 0.000000187. The number of carbonyl (C=O) groups is 1. The second kappa shape index (κ2) is 6.17. The predicted octanol–water partition coefficient (Wildman–Crippen LogP) is 1.32. The Bertz CT molecular complexity index is 79.0. The van der Waals surface area contributed by atoms with Gasteiger partial charge in [-0.3, -0.25) is 4.79 Å². The fraction of sp³-hybridized carbons (Fsp3) is 0.800. The third kappa shape index (κ3) is 5.93. The fourth-order valence-electron chi connectivity index (χ4n) is 0.565. The monoisotopic (exact) mass is 169 g/mol. The van der Waals surface area contributed by atoms with Crippen molar-refractivity contribution in [2.24, 2.45) is 0 Å². The number of carbonyl (C=O) groups excluding carboxylic acids is 1. The van der Waals surface area contributed by atoms with E-state index in [0.717, 1.165) is 19.4 Å². The molecule has 4 heteroatoms. The van der Waals surface area contributed by atoms with E-state index < -0.39 is 0 Å². The molecule has 9 heavy (non-hydrogen) atoms. The van der Waals surface area contributed by atoms with E-state index in [1.165, 1.54) is 0 Å². The van der Waals surface area contributed by atoms with Crippen LogP contribution in [-0.4, -0.2) is 17.8 Å². The Morgan fingerprint density at radius 2 is 2.11 bits per heavy atom. The lowest BCUT2D eigenvalue weighted by molar-refractivity contribution is -0.119. The van der Waals surface area contributed by atoms with E-state index in [9.17, 15) is 4.79 Å². The molecule has 2 nitrogen and oxygen atoms in total. The van der Waals surface area contributed by atoms with Gasteiger partial charge in [0.2, 0.25) is 5.91 Å². The van der Waals surface area contributed by atoms with Crippen LogP contribution in [0.25, 0.3) is 0 Å². The van der Waals surface area contributed by atoms with Gasteiger partial charge in [-0.25, -0.2) is 0 Å². The third-order valence-electron chi connectivity index (χ3n) is 0.903. The van der Waals surface area contributed by atoms with Crippen LogP contribution in [0.2, 0.25) is 0 Å². The zero-order valence-corrected chi connectivity index (χ0v) is 6.50. The summed E-state index contributed by atoms with van der Waals surface area (Å²) in [4.78, 5) is 10.1. The summed E-state index contributed by atoms with van der Waals surface area (Å²) >= 11 is 9.53. The smallest absolute Gasteiger partial charge is 0.220 e. The Morgan fingerprint density at radius 1 is 1.56 bits per heavy atom. The second-order valence-electron chi connectivity index (χ2n) is 1.55. The van der Waals surface area contributed by atoms with Crippen molar-refractivity contribution in [2.75, 3.05) is 11.9 Å². The van der Waals surface area contributed by atoms with Gasteiger partial charge in [-0.15, -0.1) is 23.2 Å². The number of nitrogens with one attached hydrogen (secondary N) is 1. The number of rotatable bonds is 0. The number of halogens is 2. The summed E-state index contributed by atoms with van der Waals surface area (Å²) in [7, 11) is 0. The zero-order valence-electron chi connectivity index (χ0n) is 4.99. The van der Waals surface area contributed by atoms with Gasteiger partial charge in [0.25, 0.3) is 0 Å². The molecule has 0 unspecified atom stereocenters. The van der Waals surface area contributed by atoms with Crippen molar-refractivity contribution in [1.29, 1.82) is 0 Å². The van der Waals surface area contributed by atoms with Gasteiger partial charge < -0.3 is 5.32 Å². The van der Waals surface area contributed by atoms with Crippen molar-refractivity contribution < 1.29 is 4.79 Å². The summed E-state index contributed by atoms with van der Waals surface area (Å²) < 4.78 is 0. The third-order valence-corrected chi connectivity index (χ3v) is 0.903. The van der Waals surface area contributed by atoms with E-state index in [2.05, 4.69) is 5.32 Å². The maximum Gasteiger partial charge on any atom is 0.220 e. The Morgan fingerprint density at radius 3 is 2.22 bits per heavy atom. The zero-order chi connectivity index (χ0) is 7.11. The molecule has 0 radical (unpaired) electrons. The van der Waals surface area contributed by atoms with Gasteiger partial charge in [-0.1, -0.05) is 0 Å². The minimum absolute atomic E-state index is 0.194.